The van der Waals surface area contributed by atoms with E-state index in [-0.39, 0.29) is 11.9 Å². The van der Waals surface area contributed by atoms with Crippen molar-refractivity contribution in [1.82, 2.24) is 15.2 Å². The van der Waals surface area contributed by atoms with Crippen molar-refractivity contribution in [3.8, 4) is 6.07 Å². The molecule has 1 atom stereocenters. The van der Waals surface area contributed by atoms with Gasteiger partial charge in [-0.25, -0.2) is 0 Å². The van der Waals surface area contributed by atoms with E-state index in [0.29, 0.717) is 11.3 Å². The minimum atomic E-state index is -0.102. The Morgan fingerprint density at radius 3 is 2.86 bits per heavy atom. The zero-order valence-corrected chi connectivity index (χ0v) is 12.3. The summed E-state index contributed by atoms with van der Waals surface area (Å²) in [5.74, 6) is -0.102. The molecular formula is C16H22N4O. The fourth-order valence-electron chi connectivity index (χ4n) is 3.58. The Morgan fingerprint density at radius 2 is 2.14 bits per heavy atom. The molecule has 2 fully saturated rings. The van der Waals surface area contributed by atoms with E-state index in [1.165, 1.54) is 25.7 Å². The van der Waals surface area contributed by atoms with Gasteiger partial charge in [-0.05, 0) is 38.3 Å². The second-order valence-corrected chi connectivity index (χ2v) is 6.16. The molecule has 1 saturated heterocycles. The molecule has 21 heavy (non-hydrogen) atoms. The van der Waals surface area contributed by atoms with Gasteiger partial charge in [0.15, 0.2) is 0 Å². The number of nitrogens with zero attached hydrogens (tertiary/aromatic N) is 2. The van der Waals surface area contributed by atoms with E-state index in [1.807, 2.05) is 6.07 Å². The van der Waals surface area contributed by atoms with E-state index in [2.05, 4.69) is 15.2 Å². The van der Waals surface area contributed by atoms with E-state index in [9.17, 15) is 4.79 Å². The molecule has 2 N–H and O–H groups in total. The lowest BCUT2D eigenvalue weighted by Crippen LogP contribution is -2.50. The number of likely N-dealkylation sites (tertiary alicyclic amines) is 1. The van der Waals surface area contributed by atoms with E-state index in [4.69, 9.17) is 5.26 Å². The van der Waals surface area contributed by atoms with Gasteiger partial charge in [0, 0.05) is 24.8 Å². The minimum absolute atomic E-state index is 0.102. The average Bonchev–Trinajstić information content (AvgIpc) is 3.19. The highest BCUT2D eigenvalue weighted by molar-refractivity contribution is 5.93. The van der Waals surface area contributed by atoms with Crippen LogP contribution in [0.25, 0.3) is 0 Å². The van der Waals surface area contributed by atoms with Crippen molar-refractivity contribution in [2.24, 2.45) is 0 Å². The van der Waals surface area contributed by atoms with Crippen molar-refractivity contribution >= 4 is 5.91 Å². The summed E-state index contributed by atoms with van der Waals surface area (Å²) in [4.78, 5) is 17.6. The topological polar surface area (TPSA) is 71.9 Å². The summed E-state index contributed by atoms with van der Waals surface area (Å²) in [5, 5.41) is 11.9. The van der Waals surface area contributed by atoms with E-state index >= 15 is 0 Å². The van der Waals surface area contributed by atoms with Crippen LogP contribution < -0.4 is 5.32 Å². The van der Waals surface area contributed by atoms with E-state index in [1.54, 1.807) is 12.3 Å². The van der Waals surface area contributed by atoms with Crippen LogP contribution in [-0.4, -0.2) is 41.0 Å². The summed E-state index contributed by atoms with van der Waals surface area (Å²) in [6.45, 7) is 2.13. The minimum Gasteiger partial charge on any atom is -0.356 e. The zero-order chi connectivity index (χ0) is 14.7. The smallest absolute Gasteiger partial charge is 0.267 e. The molecule has 0 radical (unpaired) electrons. The Bertz CT molecular complexity index is 539. The highest BCUT2D eigenvalue weighted by Crippen LogP contribution is 2.26. The van der Waals surface area contributed by atoms with Crippen LogP contribution in [0.1, 0.15) is 54.6 Å². The lowest BCUT2D eigenvalue weighted by molar-refractivity contribution is 0.0870. The maximum absolute atomic E-state index is 12.2. The number of amides is 1. The van der Waals surface area contributed by atoms with Gasteiger partial charge in [0.25, 0.3) is 5.91 Å². The first-order valence-corrected chi connectivity index (χ1v) is 7.89. The normalized spacial score (nSPS) is 23.9. The number of carbonyl (C=O) groups excluding carboxylic acids is 1. The molecule has 1 aliphatic heterocycles. The third kappa shape index (κ3) is 3.27. The van der Waals surface area contributed by atoms with E-state index < -0.39 is 0 Å². The van der Waals surface area contributed by atoms with Crippen molar-refractivity contribution in [1.29, 1.82) is 5.26 Å². The molecule has 3 rings (SSSR count). The Labute approximate surface area is 125 Å². The third-order valence-corrected chi connectivity index (χ3v) is 4.69. The van der Waals surface area contributed by atoms with Crippen molar-refractivity contribution in [2.75, 3.05) is 13.1 Å². The number of hydrogen-bond acceptors (Lipinski definition) is 3. The average molecular weight is 286 g/mol. The Balaban J connectivity index is 1.56. The molecular weight excluding hydrogens is 264 g/mol. The fourth-order valence-corrected chi connectivity index (χ4v) is 3.58. The van der Waals surface area contributed by atoms with Crippen molar-refractivity contribution in [3.63, 3.8) is 0 Å². The van der Waals surface area contributed by atoms with Crippen LogP contribution in [0.15, 0.2) is 12.3 Å². The molecule has 112 valence electrons. The van der Waals surface area contributed by atoms with Gasteiger partial charge < -0.3 is 10.3 Å². The van der Waals surface area contributed by atoms with Gasteiger partial charge in [0.1, 0.15) is 11.8 Å². The maximum atomic E-state index is 12.2. The molecule has 1 aliphatic carbocycles. The molecule has 1 aromatic rings. The van der Waals surface area contributed by atoms with Gasteiger partial charge in [-0.2, -0.15) is 5.26 Å². The lowest BCUT2D eigenvalue weighted by Gasteiger charge is -2.37. The standard InChI is InChI=1S/C16H22N4O/c17-9-12-8-15(18-10-12)16(21)19-13-4-3-7-20(11-13)14-5-1-2-6-14/h8,10,13-14,18H,1-7,11H2,(H,19,21)/t13-/m0/s1. The number of rotatable bonds is 3. The zero-order valence-electron chi connectivity index (χ0n) is 12.3. The Kier molecular flexibility index (Phi) is 4.26. The summed E-state index contributed by atoms with van der Waals surface area (Å²) < 4.78 is 0. The highest BCUT2D eigenvalue weighted by atomic mass is 16.1. The monoisotopic (exact) mass is 286 g/mol. The van der Waals surface area contributed by atoms with Gasteiger partial charge in [-0.1, -0.05) is 12.8 Å². The maximum Gasteiger partial charge on any atom is 0.267 e. The van der Waals surface area contributed by atoms with Crippen LogP contribution >= 0.6 is 0 Å². The number of hydrogen-bond donors (Lipinski definition) is 2. The molecule has 5 nitrogen and oxygen atoms in total. The van der Waals surface area contributed by atoms with Crippen LogP contribution in [0.5, 0.6) is 0 Å². The molecule has 2 heterocycles. The number of piperidine rings is 1. The fraction of sp³-hybridized carbons (Fsp3) is 0.625. The van der Waals surface area contributed by atoms with Gasteiger partial charge in [0.05, 0.1) is 5.56 Å². The second kappa shape index (κ2) is 6.31. The lowest BCUT2D eigenvalue weighted by atomic mass is 10.0. The molecule has 1 amide bonds. The first kappa shape index (κ1) is 14.2. The predicted octanol–water partition coefficient (Wildman–Crippen LogP) is 2.02. The Morgan fingerprint density at radius 1 is 1.33 bits per heavy atom. The van der Waals surface area contributed by atoms with Gasteiger partial charge in [-0.3, -0.25) is 9.69 Å². The van der Waals surface area contributed by atoms with Crippen LogP contribution in [0.3, 0.4) is 0 Å². The third-order valence-electron chi connectivity index (χ3n) is 4.69. The largest absolute Gasteiger partial charge is 0.356 e. The molecule has 1 saturated carbocycles. The number of nitrogens with one attached hydrogen (secondary N) is 2. The number of aromatic amines is 1. The van der Waals surface area contributed by atoms with E-state index in [0.717, 1.165) is 32.0 Å². The highest BCUT2D eigenvalue weighted by Gasteiger charge is 2.28. The number of carbonyl (C=O) groups is 1. The van der Waals surface area contributed by atoms with Crippen LogP contribution in [-0.2, 0) is 0 Å². The molecule has 5 heteroatoms. The van der Waals surface area contributed by atoms with Gasteiger partial charge in [-0.15, -0.1) is 0 Å². The van der Waals surface area contributed by atoms with Gasteiger partial charge in [0.2, 0.25) is 0 Å². The summed E-state index contributed by atoms with van der Waals surface area (Å²) >= 11 is 0. The first-order chi connectivity index (χ1) is 10.3. The molecule has 0 unspecified atom stereocenters. The molecule has 0 aromatic carbocycles. The van der Waals surface area contributed by atoms with Crippen LogP contribution in [0, 0.1) is 11.3 Å². The number of H-pyrrole nitrogens is 1. The SMILES string of the molecule is N#Cc1c[nH]c(C(=O)N[C@H]2CCCN(C3CCCC3)C2)c1. The quantitative estimate of drug-likeness (QED) is 0.893. The Hall–Kier alpha value is -1.80. The summed E-state index contributed by atoms with van der Waals surface area (Å²) in [7, 11) is 0. The summed E-state index contributed by atoms with van der Waals surface area (Å²) in [5.41, 5.74) is 0.973. The van der Waals surface area contributed by atoms with Gasteiger partial charge >= 0.3 is 0 Å². The molecule has 1 aromatic heterocycles. The molecule has 0 spiro atoms. The van der Waals surface area contributed by atoms with Crippen molar-refractivity contribution in [2.45, 2.75) is 50.6 Å². The molecule has 2 aliphatic rings. The molecule has 0 bridgehead atoms. The number of nitriles is 1. The first-order valence-electron chi connectivity index (χ1n) is 7.89. The van der Waals surface area contributed by atoms with Crippen LogP contribution in [0.2, 0.25) is 0 Å². The second-order valence-electron chi connectivity index (χ2n) is 6.16. The van der Waals surface area contributed by atoms with Crippen molar-refractivity contribution < 1.29 is 4.79 Å². The van der Waals surface area contributed by atoms with Crippen LogP contribution in [0.4, 0.5) is 0 Å². The summed E-state index contributed by atoms with van der Waals surface area (Å²) in [6, 6.07) is 4.58. The summed E-state index contributed by atoms with van der Waals surface area (Å²) in [6.07, 6.45) is 9.07. The predicted molar refractivity (Wildman–Crippen MR) is 79.8 cm³/mol. The van der Waals surface area contributed by atoms with Crippen molar-refractivity contribution in [3.05, 3.63) is 23.5 Å². The number of aromatic nitrogens is 1.